The zero-order chi connectivity index (χ0) is 19.3. The fourth-order valence-electron chi connectivity index (χ4n) is 3.13. The molecule has 28 heavy (non-hydrogen) atoms. The first-order valence-electron chi connectivity index (χ1n) is 9.20. The molecule has 0 unspecified atom stereocenters. The zero-order valence-electron chi connectivity index (χ0n) is 15.7. The van der Waals surface area contributed by atoms with Gasteiger partial charge in [-0.2, -0.15) is 0 Å². The minimum atomic E-state index is -0.0305. The van der Waals surface area contributed by atoms with Crippen molar-refractivity contribution in [2.24, 2.45) is 0 Å². The Bertz CT molecular complexity index is 917. The molecular formula is C19H22N6OS2. The second kappa shape index (κ2) is 8.87. The molecule has 0 saturated carbocycles. The fraction of sp³-hybridized carbons (Fsp3) is 0.368. The Morgan fingerprint density at radius 2 is 1.86 bits per heavy atom. The summed E-state index contributed by atoms with van der Waals surface area (Å²) < 4.78 is 0. The van der Waals surface area contributed by atoms with Gasteiger partial charge in [-0.1, -0.05) is 41.7 Å². The number of rotatable bonds is 6. The van der Waals surface area contributed by atoms with Crippen molar-refractivity contribution in [3.05, 3.63) is 45.7 Å². The lowest BCUT2D eigenvalue weighted by molar-refractivity contribution is -0.117. The third-order valence-electron chi connectivity index (χ3n) is 4.58. The molecule has 0 spiro atoms. The van der Waals surface area contributed by atoms with Gasteiger partial charge in [0.1, 0.15) is 10.0 Å². The third kappa shape index (κ3) is 4.99. The number of nitrogens with zero attached hydrogens (tertiary/aromatic N) is 5. The second-order valence-electron chi connectivity index (χ2n) is 6.72. The van der Waals surface area contributed by atoms with Crippen LogP contribution in [0.1, 0.15) is 10.0 Å². The molecule has 0 aliphatic carbocycles. The van der Waals surface area contributed by atoms with Crippen molar-refractivity contribution in [1.29, 1.82) is 0 Å². The molecular weight excluding hydrogens is 392 g/mol. The van der Waals surface area contributed by atoms with Crippen LogP contribution in [0, 0.1) is 6.92 Å². The van der Waals surface area contributed by atoms with E-state index in [1.807, 2.05) is 25.1 Å². The smallest absolute Gasteiger partial charge is 0.240 e. The normalized spacial score (nSPS) is 15.6. The van der Waals surface area contributed by atoms with Crippen molar-refractivity contribution in [1.82, 2.24) is 25.0 Å². The van der Waals surface area contributed by atoms with Gasteiger partial charge >= 0.3 is 0 Å². The Hall–Kier alpha value is -2.20. The largest absolute Gasteiger partial charge is 0.299 e. The predicted molar refractivity (Wildman–Crippen MR) is 113 cm³/mol. The molecule has 3 aromatic rings. The van der Waals surface area contributed by atoms with Crippen molar-refractivity contribution in [2.45, 2.75) is 13.5 Å². The van der Waals surface area contributed by atoms with E-state index in [4.69, 9.17) is 4.98 Å². The van der Waals surface area contributed by atoms with Crippen molar-refractivity contribution in [2.75, 3.05) is 38.0 Å². The first-order valence-corrected chi connectivity index (χ1v) is 10.9. The molecule has 4 rings (SSSR count). The Kier molecular flexibility index (Phi) is 6.06. The highest BCUT2D eigenvalue weighted by Crippen LogP contribution is 2.22. The molecule has 0 radical (unpaired) electrons. The summed E-state index contributed by atoms with van der Waals surface area (Å²) in [7, 11) is 0. The van der Waals surface area contributed by atoms with Crippen LogP contribution in [0.3, 0.4) is 0 Å². The second-order valence-corrected chi connectivity index (χ2v) is 8.84. The Morgan fingerprint density at radius 3 is 2.57 bits per heavy atom. The van der Waals surface area contributed by atoms with Crippen LogP contribution in [0.4, 0.5) is 5.13 Å². The van der Waals surface area contributed by atoms with Crippen LogP contribution in [0.5, 0.6) is 0 Å². The summed E-state index contributed by atoms with van der Waals surface area (Å²) in [6.45, 7) is 6.75. The van der Waals surface area contributed by atoms with Crippen LogP contribution in [0.25, 0.3) is 11.3 Å². The number of hydrogen-bond donors (Lipinski definition) is 1. The van der Waals surface area contributed by atoms with Gasteiger partial charge in [0.05, 0.1) is 18.8 Å². The molecule has 1 aliphatic heterocycles. The summed E-state index contributed by atoms with van der Waals surface area (Å²) >= 11 is 3.10. The topological polar surface area (TPSA) is 74.2 Å². The number of aromatic nitrogens is 3. The van der Waals surface area contributed by atoms with Crippen LogP contribution in [-0.2, 0) is 11.3 Å². The molecule has 0 atom stereocenters. The van der Waals surface area contributed by atoms with Crippen LogP contribution in [-0.4, -0.2) is 63.6 Å². The van der Waals surface area contributed by atoms with Gasteiger partial charge < -0.3 is 0 Å². The predicted octanol–water partition coefficient (Wildman–Crippen LogP) is 2.73. The molecule has 3 heterocycles. The maximum absolute atomic E-state index is 12.2. The molecule has 1 saturated heterocycles. The number of nitrogens with one attached hydrogen (secondary N) is 1. The van der Waals surface area contributed by atoms with Crippen LogP contribution in [0.15, 0.2) is 35.7 Å². The van der Waals surface area contributed by atoms with Crippen molar-refractivity contribution < 1.29 is 4.79 Å². The highest BCUT2D eigenvalue weighted by Gasteiger charge is 2.20. The third-order valence-corrected chi connectivity index (χ3v) is 6.17. The van der Waals surface area contributed by atoms with Gasteiger partial charge in [-0.05, 0) is 6.92 Å². The molecule has 1 fully saturated rings. The molecule has 9 heteroatoms. The van der Waals surface area contributed by atoms with Crippen molar-refractivity contribution in [3.63, 3.8) is 0 Å². The van der Waals surface area contributed by atoms with E-state index >= 15 is 0 Å². The molecule has 1 aliphatic rings. The molecule has 1 amide bonds. The standard InChI is InChI=1S/C19H22N6OS2/c1-14-22-23-19(28-14)21-17(26)11-24-7-9-25(10-8-24)12-18-20-16(13-27-18)15-5-3-2-4-6-15/h2-6,13H,7-12H2,1H3,(H,21,23,26). The maximum Gasteiger partial charge on any atom is 0.240 e. The number of piperazine rings is 1. The van der Waals surface area contributed by atoms with Gasteiger partial charge in [-0.25, -0.2) is 4.98 Å². The molecule has 146 valence electrons. The van der Waals surface area contributed by atoms with E-state index in [9.17, 15) is 4.79 Å². The first kappa shape index (κ1) is 19.1. The number of amides is 1. The summed E-state index contributed by atoms with van der Waals surface area (Å²) in [6, 6.07) is 10.3. The minimum Gasteiger partial charge on any atom is -0.299 e. The number of anilines is 1. The van der Waals surface area contributed by atoms with Gasteiger partial charge in [0.25, 0.3) is 0 Å². The number of carbonyl (C=O) groups excluding carboxylic acids is 1. The first-order chi connectivity index (χ1) is 13.7. The lowest BCUT2D eigenvalue weighted by atomic mass is 10.2. The highest BCUT2D eigenvalue weighted by atomic mass is 32.1. The summed E-state index contributed by atoms with van der Waals surface area (Å²) in [4.78, 5) is 21.5. The number of hydrogen-bond acceptors (Lipinski definition) is 8. The quantitative estimate of drug-likeness (QED) is 0.669. The van der Waals surface area contributed by atoms with Crippen LogP contribution in [0.2, 0.25) is 0 Å². The summed E-state index contributed by atoms with van der Waals surface area (Å²) in [5, 5.41) is 15.4. The van der Waals surface area contributed by atoms with E-state index in [1.165, 1.54) is 11.3 Å². The van der Waals surface area contributed by atoms with E-state index in [1.54, 1.807) is 11.3 Å². The SMILES string of the molecule is Cc1nnc(NC(=O)CN2CCN(Cc3nc(-c4ccccc4)cs3)CC2)s1. The Morgan fingerprint density at radius 1 is 1.11 bits per heavy atom. The number of thiazole rings is 1. The number of aryl methyl sites for hydroxylation is 1. The lowest BCUT2D eigenvalue weighted by Crippen LogP contribution is -2.48. The average Bonchev–Trinajstić information content (AvgIpc) is 3.33. The van der Waals surface area contributed by atoms with Gasteiger partial charge in [0.15, 0.2) is 0 Å². The summed E-state index contributed by atoms with van der Waals surface area (Å²) in [6.07, 6.45) is 0. The summed E-state index contributed by atoms with van der Waals surface area (Å²) in [5.41, 5.74) is 2.20. The Labute approximate surface area is 172 Å². The van der Waals surface area contributed by atoms with Gasteiger partial charge in [0, 0.05) is 37.1 Å². The van der Waals surface area contributed by atoms with Gasteiger partial charge in [-0.3, -0.25) is 19.9 Å². The molecule has 7 nitrogen and oxygen atoms in total. The summed E-state index contributed by atoms with van der Waals surface area (Å²) in [5.74, 6) is -0.0305. The number of benzene rings is 1. The number of carbonyl (C=O) groups is 1. The van der Waals surface area contributed by atoms with Crippen molar-refractivity contribution >= 4 is 33.7 Å². The zero-order valence-corrected chi connectivity index (χ0v) is 17.3. The highest BCUT2D eigenvalue weighted by molar-refractivity contribution is 7.15. The lowest BCUT2D eigenvalue weighted by Gasteiger charge is -2.33. The van der Waals surface area contributed by atoms with E-state index in [0.717, 1.165) is 54.0 Å². The van der Waals surface area contributed by atoms with E-state index in [0.29, 0.717) is 11.7 Å². The van der Waals surface area contributed by atoms with Crippen LogP contribution < -0.4 is 5.32 Å². The van der Waals surface area contributed by atoms with Gasteiger partial charge in [-0.15, -0.1) is 21.5 Å². The van der Waals surface area contributed by atoms with Crippen molar-refractivity contribution in [3.8, 4) is 11.3 Å². The molecule has 1 aromatic carbocycles. The maximum atomic E-state index is 12.2. The monoisotopic (exact) mass is 414 g/mol. The fourth-order valence-corrected chi connectivity index (χ4v) is 4.58. The van der Waals surface area contributed by atoms with Gasteiger partial charge in [0.2, 0.25) is 11.0 Å². The molecule has 2 aromatic heterocycles. The van der Waals surface area contributed by atoms with E-state index in [2.05, 4.69) is 42.8 Å². The minimum absolute atomic E-state index is 0.0305. The Balaban J connectivity index is 1.23. The van der Waals surface area contributed by atoms with Crippen LogP contribution >= 0.6 is 22.7 Å². The van der Waals surface area contributed by atoms with E-state index < -0.39 is 0 Å². The molecule has 0 bridgehead atoms. The average molecular weight is 415 g/mol. The molecule has 1 N–H and O–H groups in total. The van der Waals surface area contributed by atoms with E-state index in [-0.39, 0.29) is 5.91 Å².